The van der Waals surface area contributed by atoms with Crippen LogP contribution < -0.4 is 5.73 Å². The van der Waals surface area contributed by atoms with Crippen LogP contribution in [0.5, 0.6) is 0 Å². The summed E-state index contributed by atoms with van der Waals surface area (Å²) in [6, 6.07) is 10.2. The van der Waals surface area contributed by atoms with Crippen molar-refractivity contribution in [1.82, 2.24) is 20.2 Å². The molecule has 0 aliphatic heterocycles. The first-order chi connectivity index (χ1) is 10.1. The van der Waals surface area contributed by atoms with E-state index in [-0.39, 0.29) is 0 Å². The Kier molecular flexibility index (Phi) is 3.42. The van der Waals surface area contributed by atoms with Gasteiger partial charge in [0.1, 0.15) is 5.82 Å². The number of rotatable bonds is 2. The van der Waals surface area contributed by atoms with Crippen molar-refractivity contribution in [2.24, 2.45) is 0 Å². The standard InChI is InChI=1S/C14H11BrFN5/c1-8-2-3-9(15)6-13(8)21-14(18-19-20-21)11-5-4-10(17)7-12(11)16/h2-7H,17H2,1H3. The molecule has 0 aliphatic rings. The number of nitrogens with zero attached hydrogens (tertiary/aromatic N) is 4. The maximum atomic E-state index is 14.1. The van der Waals surface area contributed by atoms with Gasteiger partial charge >= 0.3 is 0 Å². The van der Waals surface area contributed by atoms with Crippen molar-refractivity contribution in [3.63, 3.8) is 0 Å². The smallest absolute Gasteiger partial charge is 0.190 e. The van der Waals surface area contributed by atoms with Gasteiger partial charge in [0.15, 0.2) is 5.82 Å². The summed E-state index contributed by atoms with van der Waals surface area (Å²) < 4.78 is 16.5. The van der Waals surface area contributed by atoms with Gasteiger partial charge in [0.25, 0.3) is 0 Å². The second kappa shape index (κ2) is 5.25. The Bertz CT molecular complexity index is 815. The number of nitrogens with two attached hydrogens (primary N) is 1. The van der Waals surface area contributed by atoms with E-state index in [0.29, 0.717) is 17.1 Å². The summed E-state index contributed by atoms with van der Waals surface area (Å²) >= 11 is 3.41. The molecule has 0 spiro atoms. The van der Waals surface area contributed by atoms with Gasteiger partial charge < -0.3 is 5.73 Å². The molecule has 3 rings (SSSR count). The molecule has 1 aromatic heterocycles. The van der Waals surface area contributed by atoms with Crippen LogP contribution in [0.2, 0.25) is 0 Å². The minimum Gasteiger partial charge on any atom is -0.399 e. The van der Waals surface area contributed by atoms with Gasteiger partial charge in [0.05, 0.1) is 11.3 Å². The van der Waals surface area contributed by atoms with Crippen LogP contribution >= 0.6 is 15.9 Å². The highest BCUT2D eigenvalue weighted by atomic mass is 79.9. The number of nitrogen functional groups attached to an aromatic ring is 1. The lowest BCUT2D eigenvalue weighted by atomic mass is 10.1. The van der Waals surface area contributed by atoms with Crippen molar-refractivity contribution < 1.29 is 4.39 Å². The molecule has 0 bridgehead atoms. The predicted molar refractivity (Wildman–Crippen MR) is 81.4 cm³/mol. The number of aromatic nitrogens is 4. The minimum atomic E-state index is -0.460. The summed E-state index contributed by atoms with van der Waals surface area (Å²) in [6.45, 7) is 1.94. The zero-order chi connectivity index (χ0) is 15.0. The summed E-state index contributed by atoms with van der Waals surface area (Å²) in [4.78, 5) is 0. The maximum absolute atomic E-state index is 14.1. The molecule has 0 atom stereocenters. The average Bonchev–Trinajstić information content (AvgIpc) is 2.90. The highest BCUT2D eigenvalue weighted by molar-refractivity contribution is 9.10. The number of hydrogen-bond donors (Lipinski definition) is 1. The number of halogens is 2. The van der Waals surface area contributed by atoms with Crippen molar-refractivity contribution in [3.05, 3.63) is 52.3 Å². The van der Waals surface area contributed by atoms with Crippen LogP contribution in [0.25, 0.3) is 17.1 Å². The van der Waals surface area contributed by atoms with Crippen molar-refractivity contribution in [2.45, 2.75) is 6.92 Å². The van der Waals surface area contributed by atoms with Crippen molar-refractivity contribution in [2.75, 3.05) is 5.73 Å². The van der Waals surface area contributed by atoms with E-state index in [0.717, 1.165) is 15.7 Å². The first-order valence-corrected chi connectivity index (χ1v) is 6.96. The van der Waals surface area contributed by atoms with E-state index in [9.17, 15) is 4.39 Å². The first-order valence-electron chi connectivity index (χ1n) is 6.16. The minimum absolute atomic E-state index is 0.300. The normalized spacial score (nSPS) is 10.8. The van der Waals surface area contributed by atoms with Gasteiger partial charge in [-0.1, -0.05) is 22.0 Å². The van der Waals surface area contributed by atoms with Gasteiger partial charge in [0, 0.05) is 10.2 Å². The monoisotopic (exact) mass is 347 g/mol. The van der Waals surface area contributed by atoms with Gasteiger partial charge in [-0.25, -0.2) is 4.39 Å². The topological polar surface area (TPSA) is 69.6 Å². The number of aryl methyl sites for hydroxylation is 1. The molecule has 0 unspecified atom stereocenters. The highest BCUT2D eigenvalue weighted by Crippen LogP contribution is 2.26. The fraction of sp³-hybridized carbons (Fsp3) is 0.0714. The molecule has 0 radical (unpaired) electrons. The fourth-order valence-electron chi connectivity index (χ4n) is 2.04. The SMILES string of the molecule is Cc1ccc(Br)cc1-n1nnnc1-c1ccc(N)cc1F. The maximum Gasteiger partial charge on any atom is 0.190 e. The molecule has 0 saturated carbocycles. The van der Waals surface area contributed by atoms with E-state index in [1.54, 1.807) is 12.1 Å². The molecule has 7 heteroatoms. The Hall–Kier alpha value is -2.28. The van der Waals surface area contributed by atoms with Crippen LogP contribution in [-0.2, 0) is 0 Å². The van der Waals surface area contributed by atoms with Crippen LogP contribution in [0.3, 0.4) is 0 Å². The molecule has 1 heterocycles. The Morgan fingerprint density at radius 1 is 1.19 bits per heavy atom. The summed E-state index contributed by atoms with van der Waals surface area (Å²) in [5.41, 5.74) is 7.98. The van der Waals surface area contributed by atoms with E-state index in [1.165, 1.54) is 10.7 Å². The lowest BCUT2D eigenvalue weighted by Crippen LogP contribution is -2.03. The van der Waals surface area contributed by atoms with E-state index >= 15 is 0 Å². The molecule has 106 valence electrons. The Morgan fingerprint density at radius 3 is 2.76 bits per heavy atom. The number of benzene rings is 2. The molecule has 0 amide bonds. The van der Waals surface area contributed by atoms with Crippen LogP contribution in [0, 0.1) is 12.7 Å². The van der Waals surface area contributed by atoms with Crippen molar-refractivity contribution >= 4 is 21.6 Å². The number of hydrogen-bond acceptors (Lipinski definition) is 4. The average molecular weight is 348 g/mol. The van der Waals surface area contributed by atoms with Gasteiger partial charge in [-0.15, -0.1) is 5.10 Å². The molecule has 3 aromatic rings. The van der Waals surface area contributed by atoms with Crippen LogP contribution in [0.15, 0.2) is 40.9 Å². The van der Waals surface area contributed by atoms with E-state index in [1.807, 2.05) is 25.1 Å². The van der Waals surface area contributed by atoms with Crippen LogP contribution in [-0.4, -0.2) is 20.2 Å². The third-order valence-corrected chi connectivity index (χ3v) is 3.60. The van der Waals surface area contributed by atoms with Gasteiger partial charge in [-0.2, -0.15) is 4.68 Å². The summed E-state index contributed by atoms with van der Waals surface area (Å²) in [6.07, 6.45) is 0. The zero-order valence-electron chi connectivity index (χ0n) is 11.1. The third-order valence-electron chi connectivity index (χ3n) is 3.10. The van der Waals surface area contributed by atoms with E-state index < -0.39 is 5.82 Å². The predicted octanol–water partition coefficient (Wildman–Crippen LogP) is 3.12. The highest BCUT2D eigenvalue weighted by Gasteiger charge is 2.16. The summed E-state index contributed by atoms with van der Waals surface area (Å²) in [5, 5.41) is 11.6. The molecule has 0 aliphatic carbocycles. The molecule has 2 aromatic carbocycles. The molecular formula is C14H11BrFN5. The Balaban J connectivity index is 2.19. The third kappa shape index (κ3) is 2.52. The molecule has 2 N–H and O–H groups in total. The quantitative estimate of drug-likeness (QED) is 0.723. The summed E-state index contributed by atoms with van der Waals surface area (Å²) in [5.74, 6) is -0.132. The number of anilines is 1. The molecule has 0 fully saturated rings. The fourth-order valence-corrected chi connectivity index (χ4v) is 2.39. The number of tetrazole rings is 1. The van der Waals surface area contributed by atoms with Gasteiger partial charge in [-0.3, -0.25) is 0 Å². The molecule has 0 saturated heterocycles. The lowest BCUT2D eigenvalue weighted by molar-refractivity contribution is 0.629. The van der Waals surface area contributed by atoms with Crippen LogP contribution in [0.1, 0.15) is 5.56 Å². The Labute approximate surface area is 128 Å². The van der Waals surface area contributed by atoms with Crippen molar-refractivity contribution in [1.29, 1.82) is 0 Å². The Morgan fingerprint density at radius 2 is 2.00 bits per heavy atom. The van der Waals surface area contributed by atoms with Crippen molar-refractivity contribution in [3.8, 4) is 17.1 Å². The van der Waals surface area contributed by atoms with E-state index in [4.69, 9.17) is 5.73 Å². The molecular weight excluding hydrogens is 337 g/mol. The molecule has 21 heavy (non-hydrogen) atoms. The summed E-state index contributed by atoms with van der Waals surface area (Å²) in [7, 11) is 0. The second-order valence-electron chi connectivity index (χ2n) is 4.58. The van der Waals surface area contributed by atoms with E-state index in [2.05, 4.69) is 31.5 Å². The second-order valence-corrected chi connectivity index (χ2v) is 5.50. The van der Waals surface area contributed by atoms with Crippen LogP contribution in [0.4, 0.5) is 10.1 Å². The first kappa shape index (κ1) is 13.7. The van der Waals surface area contributed by atoms with Gasteiger partial charge in [-0.05, 0) is 53.2 Å². The largest absolute Gasteiger partial charge is 0.399 e. The zero-order valence-corrected chi connectivity index (χ0v) is 12.7. The van der Waals surface area contributed by atoms with Gasteiger partial charge in [0.2, 0.25) is 0 Å². The molecule has 5 nitrogen and oxygen atoms in total. The lowest BCUT2D eigenvalue weighted by Gasteiger charge is -2.09.